The summed E-state index contributed by atoms with van der Waals surface area (Å²) in [6.07, 6.45) is 3.89. The van der Waals surface area contributed by atoms with Crippen LogP contribution in [0.15, 0.2) is 53.2 Å². The summed E-state index contributed by atoms with van der Waals surface area (Å²) in [5.41, 5.74) is 0.771. The van der Waals surface area contributed by atoms with Gasteiger partial charge in [-0.25, -0.2) is 4.98 Å². The summed E-state index contributed by atoms with van der Waals surface area (Å²) in [6, 6.07) is 13.4. The number of piperidine rings is 1. The highest BCUT2D eigenvalue weighted by atomic mass is 16.5. The molecule has 1 aliphatic rings. The van der Waals surface area contributed by atoms with Gasteiger partial charge in [0.2, 0.25) is 5.82 Å². The van der Waals surface area contributed by atoms with Crippen molar-refractivity contribution in [2.75, 3.05) is 24.6 Å². The SMILES string of the molecule is OC[C@@H]1CCCN(c2ccc(-c3nc(COc4ccccc4)no3)cn2)C1. The Bertz CT molecular complexity index is 851. The summed E-state index contributed by atoms with van der Waals surface area (Å²) in [7, 11) is 0. The molecular weight excluding hydrogens is 344 g/mol. The fourth-order valence-corrected chi connectivity index (χ4v) is 3.22. The van der Waals surface area contributed by atoms with E-state index < -0.39 is 0 Å². The normalized spacial score (nSPS) is 17.1. The summed E-state index contributed by atoms with van der Waals surface area (Å²) < 4.78 is 11.0. The minimum Gasteiger partial charge on any atom is -0.485 e. The van der Waals surface area contributed by atoms with Gasteiger partial charge in [0.25, 0.3) is 5.89 Å². The van der Waals surface area contributed by atoms with Gasteiger partial charge in [0.1, 0.15) is 11.6 Å². The number of aliphatic hydroxyl groups excluding tert-OH is 1. The molecule has 3 heterocycles. The maximum Gasteiger partial charge on any atom is 0.259 e. The maximum absolute atomic E-state index is 9.38. The average molecular weight is 366 g/mol. The molecule has 1 N–H and O–H groups in total. The van der Waals surface area contributed by atoms with Gasteiger partial charge in [-0.05, 0) is 43.0 Å². The number of ether oxygens (including phenoxy) is 1. The number of anilines is 1. The van der Waals surface area contributed by atoms with Gasteiger partial charge in [0, 0.05) is 25.9 Å². The molecule has 4 rings (SSSR count). The minimum absolute atomic E-state index is 0.227. The zero-order valence-corrected chi connectivity index (χ0v) is 15.0. The molecule has 7 heteroatoms. The minimum atomic E-state index is 0.227. The number of hydrogen-bond donors (Lipinski definition) is 1. The summed E-state index contributed by atoms with van der Waals surface area (Å²) >= 11 is 0. The van der Waals surface area contributed by atoms with Gasteiger partial charge < -0.3 is 19.3 Å². The molecule has 1 atom stereocenters. The molecule has 2 aromatic heterocycles. The Morgan fingerprint density at radius 1 is 1.19 bits per heavy atom. The lowest BCUT2D eigenvalue weighted by molar-refractivity contribution is 0.208. The molecule has 0 unspecified atom stereocenters. The molecule has 0 bridgehead atoms. The van der Waals surface area contributed by atoms with Crippen LogP contribution in [0.5, 0.6) is 5.75 Å². The standard InChI is InChI=1S/C20H22N4O3/c25-13-15-5-4-10-24(12-15)19-9-8-16(11-21-19)20-22-18(23-27-20)14-26-17-6-2-1-3-7-17/h1-3,6-9,11,15,25H,4-5,10,12-14H2/t15-/m1/s1. The smallest absolute Gasteiger partial charge is 0.259 e. The second-order valence-electron chi connectivity index (χ2n) is 6.66. The number of para-hydroxylation sites is 1. The number of pyridine rings is 1. The number of aliphatic hydroxyl groups is 1. The van der Waals surface area contributed by atoms with Crippen LogP contribution in [-0.4, -0.2) is 39.9 Å². The fourth-order valence-electron chi connectivity index (χ4n) is 3.22. The van der Waals surface area contributed by atoms with Crippen LogP contribution in [0.2, 0.25) is 0 Å². The Hall–Kier alpha value is -2.93. The predicted molar refractivity (Wildman–Crippen MR) is 100 cm³/mol. The van der Waals surface area contributed by atoms with Gasteiger partial charge in [0.05, 0.1) is 5.56 Å². The molecule has 0 radical (unpaired) electrons. The van der Waals surface area contributed by atoms with Crippen molar-refractivity contribution in [3.63, 3.8) is 0 Å². The van der Waals surface area contributed by atoms with Gasteiger partial charge in [-0.3, -0.25) is 0 Å². The Morgan fingerprint density at radius 2 is 2.07 bits per heavy atom. The molecule has 7 nitrogen and oxygen atoms in total. The topological polar surface area (TPSA) is 84.5 Å². The van der Waals surface area contributed by atoms with Crippen LogP contribution >= 0.6 is 0 Å². The van der Waals surface area contributed by atoms with Crippen LogP contribution in [0.3, 0.4) is 0 Å². The van der Waals surface area contributed by atoms with Gasteiger partial charge >= 0.3 is 0 Å². The van der Waals surface area contributed by atoms with E-state index in [1.54, 1.807) is 6.20 Å². The van der Waals surface area contributed by atoms with Crippen molar-refractivity contribution in [2.45, 2.75) is 19.4 Å². The number of rotatable bonds is 6. The third-order valence-electron chi connectivity index (χ3n) is 4.68. The molecule has 0 aliphatic carbocycles. The van der Waals surface area contributed by atoms with Crippen molar-refractivity contribution in [2.24, 2.45) is 5.92 Å². The summed E-state index contributed by atoms with van der Waals surface area (Å²) in [6.45, 7) is 2.27. The average Bonchev–Trinajstić information content (AvgIpc) is 3.22. The molecule has 0 saturated carbocycles. The molecule has 1 aromatic carbocycles. The van der Waals surface area contributed by atoms with E-state index in [0.717, 1.165) is 43.1 Å². The van der Waals surface area contributed by atoms with Crippen molar-refractivity contribution in [3.05, 3.63) is 54.5 Å². The molecule has 3 aromatic rings. The molecular formula is C20H22N4O3. The van der Waals surface area contributed by atoms with E-state index in [9.17, 15) is 5.11 Å². The Kier molecular flexibility index (Phi) is 5.29. The van der Waals surface area contributed by atoms with Crippen LogP contribution in [0.1, 0.15) is 18.7 Å². The first-order chi connectivity index (χ1) is 13.3. The predicted octanol–water partition coefficient (Wildman–Crippen LogP) is 2.92. The van der Waals surface area contributed by atoms with Crippen molar-refractivity contribution in [1.29, 1.82) is 0 Å². The summed E-state index contributed by atoms with van der Waals surface area (Å²) in [5.74, 6) is 2.90. The molecule has 1 fully saturated rings. The molecule has 0 spiro atoms. The zero-order chi connectivity index (χ0) is 18.5. The van der Waals surface area contributed by atoms with E-state index in [2.05, 4.69) is 20.0 Å². The van der Waals surface area contributed by atoms with E-state index >= 15 is 0 Å². The second kappa shape index (κ2) is 8.18. The van der Waals surface area contributed by atoms with Crippen molar-refractivity contribution >= 4 is 5.82 Å². The van der Waals surface area contributed by atoms with Gasteiger partial charge in [-0.1, -0.05) is 23.4 Å². The molecule has 140 valence electrons. The Labute approximate surface area is 157 Å². The van der Waals surface area contributed by atoms with E-state index in [4.69, 9.17) is 9.26 Å². The molecule has 0 amide bonds. The van der Waals surface area contributed by atoms with Gasteiger partial charge in [-0.2, -0.15) is 4.98 Å². The van der Waals surface area contributed by atoms with Gasteiger partial charge in [0.15, 0.2) is 6.61 Å². The van der Waals surface area contributed by atoms with Crippen LogP contribution in [-0.2, 0) is 6.61 Å². The van der Waals surface area contributed by atoms with Gasteiger partial charge in [-0.15, -0.1) is 0 Å². The highest BCUT2D eigenvalue weighted by Crippen LogP contribution is 2.24. The maximum atomic E-state index is 9.38. The first-order valence-electron chi connectivity index (χ1n) is 9.14. The highest BCUT2D eigenvalue weighted by Gasteiger charge is 2.20. The Balaban J connectivity index is 1.40. The zero-order valence-electron chi connectivity index (χ0n) is 15.0. The Morgan fingerprint density at radius 3 is 2.85 bits per heavy atom. The largest absolute Gasteiger partial charge is 0.485 e. The van der Waals surface area contributed by atoms with Crippen LogP contribution in [0.4, 0.5) is 5.82 Å². The van der Waals surface area contributed by atoms with E-state index in [0.29, 0.717) is 17.6 Å². The third-order valence-corrected chi connectivity index (χ3v) is 4.68. The van der Waals surface area contributed by atoms with Crippen LogP contribution in [0, 0.1) is 5.92 Å². The molecule has 27 heavy (non-hydrogen) atoms. The molecule has 1 saturated heterocycles. The van der Waals surface area contributed by atoms with E-state index in [1.165, 1.54) is 0 Å². The van der Waals surface area contributed by atoms with Crippen molar-refractivity contribution in [3.8, 4) is 17.2 Å². The molecule has 1 aliphatic heterocycles. The lowest BCUT2D eigenvalue weighted by atomic mass is 9.99. The van der Waals surface area contributed by atoms with Crippen LogP contribution in [0.25, 0.3) is 11.5 Å². The number of hydrogen-bond acceptors (Lipinski definition) is 7. The van der Waals surface area contributed by atoms with E-state index in [1.807, 2.05) is 42.5 Å². The summed E-state index contributed by atoms with van der Waals surface area (Å²) in [5, 5.41) is 13.3. The van der Waals surface area contributed by atoms with E-state index in [-0.39, 0.29) is 13.2 Å². The van der Waals surface area contributed by atoms with Crippen molar-refractivity contribution < 1.29 is 14.4 Å². The number of benzene rings is 1. The first-order valence-corrected chi connectivity index (χ1v) is 9.14. The number of nitrogens with zero attached hydrogens (tertiary/aromatic N) is 4. The lowest BCUT2D eigenvalue weighted by Gasteiger charge is -2.32. The summed E-state index contributed by atoms with van der Waals surface area (Å²) in [4.78, 5) is 11.1. The fraction of sp³-hybridized carbons (Fsp3) is 0.350. The second-order valence-corrected chi connectivity index (χ2v) is 6.66. The first kappa shape index (κ1) is 17.5. The van der Waals surface area contributed by atoms with Crippen molar-refractivity contribution in [1.82, 2.24) is 15.1 Å². The monoisotopic (exact) mass is 366 g/mol. The number of aromatic nitrogens is 3. The lowest BCUT2D eigenvalue weighted by Crippen LogP contribution is -2.37. The quantitative estimate of drug-likeness (QED) is 0.718. The highest BCUT2D eigenvalue weighted by molar-refractivity contribution is 5.54. The van der Waals surface area contributed by atoms with Crippen LogP contribution < -0.4 is 9.64 Å². The third kappa shape index (κ3) is 4.25.